The predicted octanol–water partition coefficient (Wildman–Crippen LogP) is 3.45. The second-order valence-electron chi connectivity index (χ2n) is 9.55. The van der Waals surface area contributed by atoms with Crippen molar-refractivity contribution in [1.82, 2.24) is 15.2 Å². The lowest BCUT2D eigenvalue weighted by molar-refractivity contribution is -0.141. The molecule has 36 heavy (non-hydrogen) atoms. The minimum atomic E-state index is -0.312. The van der Waals surface area contributed by atoms with Crippen LogP contribution in [0.3, 0.4) is 0 Å². The van der Waals surface area contributed by atoms with E-state index in [4.69, 9.17) is 4.74 Å². The Kier molecular flexibility index (Phi) is 8.36. The van der Waals surface area contributed by atoms with Crippen molar-refractivity contribution in [2.45, 2.75) is 69.6 Å². The van der Waals surface area contributed by atoms with Crippen molar-refractivity contribution in [3.8, 4) is 0 Å². The molecule has 8 nitrogen and oxygen atoms in total. The van der Waals surface area contributed by atoms with Crippen molar-refractivity contribution in [3.05, 3.63) is 65.5 Å². The van der Waals surface area contributed by atoms with Crippen LogP contribution >= 0.6 is 0 Å². The topological polar surface area (TPSA) is 97.8 Å². The Bertz CT molecular complexity index is 1070. The van der Waals surface area contributed by atoms with E-state index in [0.29, 0.717) is 39.0 Å². The van der Waals surface area contributed by atoms with Gasteiger partial charge in [0.15, 0.2) is 0 Å². The highest BCUT2D eigenvalue weighted by molar-refractivity contribution is 5.78. The number of methoxy groups -OCH3 is 1. The fraction of sp³-hybridized carbons (Fsp3) is 0.500. The molecule has 1 N–H and O–H groups in total. The summed E-state index contributed by atoms with van der Waals surface area (Å²) in [5, 5.41) is 3.22. The van der Waals surface area contributed by atoms with Crippen molar-refractivity contribution in [1.29, 1.82) is 0 Å². The van der Waals surface area contributed by atoms with Crippen molar-refractivity contribution in [3.63, 3.8) is 0 Å². The molecule has 1 aliphatic heterocycles. The molecule has 8 heteroatoms. The molecule has 2 aliphatic rings. The van der Waals surface area contributed by atoms with Gasteiger partial charge in [-0.05, 0) is 42.0 Å². The number of carbonyl (C=O) groups excluding carboxylic acids is 3. The average Bonchev–Trinajstić information content (AvgIpc) is 3.16. The number of carbonyl (C=O) groups is 3. The van der Waals surface area contributed by atoms with E-state index in [1.165, 1.54) is 12.7 Å². The zero-order chi connectivity index (χ0) is 25.5. The van der Waals surface area contributed by atoms with Crippen LogP contribution in [-0.4, -0.2) is 54.0 Å². The maximum Gasteiger partial charge on any atom is 0.305 e. The van der Waals surface area contributed by atoms with Crippen molar-refractivity contribution >= 4 is 17.8 Å². The zero-order valence-electron chi connectivity index (χ0n) is 21.1. The number of hydrogen-bond donors (Lipinski definition) is 1. The quantitative estimate of drug-likeness (QED) is 0.538. The normalized spacial score (nSPS) is 20.1. The molecule has 2 aromatic rings. The van der Waals surface area contributed by atoms with Crippen LogP contribution in [0.4, 0.5) is 0 Å². The van der Waals surface area contributed by atoms with Crippen molar-refractivity contribution in [2.75, 3.05) is 20.2 Å². The summed E-state index contributed by atoms with van der Waals surface area (Å²) < 4.78 is 11.3. The second-order valence-corrected chi connectivity index (χ2v) is 9.55. The molecule has 1 spiro atoms. The van der Waals surface area contributed by atoms with Crippen LogP contribution in [0, 0.1) is 0 Å². The summed E-state index contributed by atoms with van der Waals surface area (Å²) in [6, 6.07) is 11.9. The van der Waals surface area contributed by atoms with Gasteiger partial charge in [0.25, 0.3) is 0 Å². The Balaban J connectivity index is 1.54. The zero-order valence-corrected chi connectivity index (χ0v) is 21.1. The van der Waals surface area contributed by atoms with Gasteiger partial charge in [0.1, 0.15) is 0 Å². The van der Waals surface area contributed by atoms with Crippen molar-refractivity contribution in [2.24, 2.45) is 0 Å². The first kappa shape index (κ1) is 25.8. The molecule has 2 amide bonds. The van der Waals surface area contributed by atoms with Gasteiger partial charge < -0.3 is 19.7 Å². The number of amides is 2. The largest absolute Gasteiger partial charge is 0.469 e. The second kappa shape index (κ2) is 11.6. The van der Waals surface area contributed by atoms with Crippen LogP contribution in [0.15, 0.2) is 48.8 Å². The first-order valence-corrected chi connectivity index (χ1v) is 12.7. The van der Waals surface area contributed by atoms with E-state index in [0.717, 1.165) is 24.0 Å². The number of nitrogens with one attached hydrogen (secondary N) is 1. The molecule has 0 unspecified atom stereocenters. The molecule has 2 atom stereocenters. The summed E-state index contributed by atoms with van der Waals surface area (Å²) in [5.74, 6) is -0.250. The third-order valence-electron chi connectivity index (χ3n) is 7.48. The third kappa shape index (κ3) is 5.43. The van der Waals surface area contributed by atoms with Crippen LogP contribution in [0.25, 0.3) is 0 Å². The maximum atomic E-state index is 12.8. The third-order valence-corrected chi connectivity index (χ3v) is 7.48. The number of pyridine rings is 1. The summed E-state index contributed by atoms with van der Waals surface area (Å²) in [4.78, 5) is 42.8. The van der Waals surface area contributed by atoms with E-state index in [9.17, 15) is 14.4 Å². The first-order valence-electron chi connectivity index (χ1n) is 12.7. The number of aromatic nitrogens is 1. The lowest BCUT2D eigenvalue weighted by Gasteiger charge is -2.44. The number of nitrogens with zero attached hydrogens (tertiary/aromatic N) is 2. The molecule has 1 saturated heterocycles. The molecule has 1 aromatic carbocycles. The van der Waals surface area contributed by atoms with Gasteiger partial charge in [-0.1, -0.05) is 37.3 Å². The van der Waals surface area contributed by atoms with Crippen LogP contribution in [-0.2, 0) is 35.9 Å². The molecular formula is C28H35N3O5. The van der Waals surface area contributed by atoms with E-state index < -0.39 is 0 Å². The number of likely N-dealkylation sites (tertiary alicyclic amines) is 1. The van der Waals surface area contributed by atoms with Gasteiger partial charge in [0.05, 0.1) is 25.9 Å². The van der Waals surface area contributed by atoms with Gasteiger partial charge in [-0.15, -0.1) is 0 Å². The minimum Gasteiger partial charge on any atom is -0.469 e. The van der Waals surface area contributed by atoms with Gasteiger partial charge >= 0.3 is 5.97 Å². The van der Waals surface area contributed by atoms with E-state index in [1.54, 1.807) is 12.4 Å². The molecule has 192 valence electrons. The molecule has 0 radical (unpaired) electrons. The maximum absolute atomic E-state index is 12.8. The van der Waals surface area contributed by atoms with Crippen LogP contribution in [0.1, 0.15) is 68.2 Å². The van der Waals surface area contributed by atoms with E-state index in [1.807, 2.05) is 36.1 Å². The van der Waals surface area contributed by atoms with E-state index in [-0.39, 0.29) is 41.8 Å². The predicted molar refractivity (Wildman–Crippen MR) is 134 cm³/mol. The highest BCUT2D eigenvalue weighted by Crippen LogP contribution is 2.52. The molecule has 2 heterocycles. The van der Waals surface area contributed by atoms with Gasteiger partial charge in [-0.3, -0.25) is 19.4 Å². The Morgan fingerprint density at radius 2 is 1.89 bits per heavy atom. The number of rotatable bonds is 9. The number of ether oxygens (including phenoxy) is 2. The summed E-state index contributed by atoms with van der Waals surface area (Å²) in [6.45, 7) is 3.45. The van der Waals surface area contributed by atoms with Crippen molar-refractivity contribution < 1.29 is 23.9 Å². The minimum absolute atomic E-state index is 0.0138. The standard InChI is InChI=1S/C28H35N3O5/c1-3-23(32)30-26-21-9-4-5-10-22(21)28(27(26)36-19-20-8-7-15-29-18-20)13-16-31(17-14-28)24(33)11-6-12-25(34)35-2/h4-5,7-10,15,18,26-27H,3,6,11-14,16-17,19H2,1-2H3,(H,30,32)/t26-,27+/m1/s1. The number of esters is 1. The smallest absolute Gasteiger partial charge is 0.305 e. The van der Waals surface area contributed by atoms with Crippen LogP contribution in [0.2, 0.25) is 0 Å². The molecule has 1 aromatic heterocycles. The Hall–Kier alpha value is -3.26. The number of benzene rings is 1. The SMILES string of the molecule is CCC(=O)N[C@@H]1c2ccccc2C2(CCN(C(=O)CCCC(=O)OC)CC2)[C@H]1OCc1cccnc1. The summed E-state index contributed by atoms with van der Waals surface area (Å²) >= 11 is 0. The van der Waals surface area contributed by atoms with E-state index >= 15 is 0 Å². The van der Waals surface area contributed by atoms with Gasteiger partial charge in [0, 0.05) is 50.2 Å². The Labute approximate surface area is 212 Å². The van der Waals surface area contributed by atoms with E-state index in [2.05, 4.69) is 27.2 Å². The Morgan fingerprint density at radius 3 is 2.58 bits per heavy atom. The lowest BCUT2D eigenvalue weighted by Crippen LogP contribution is -2.52. The Morgan fingerprint density at radius 1 is 1.11 bits per heavy atom. The fourth-order valence-electron chi connectivity index (χ4n) is 5.56. The monoisotopic (exact) mass is 493 g/mol. The van der Waals surface area contributed by atoms with Gasteiger partial charge in [-0.2, -0.15) is 0 Å². The first-order chi connectivity index (χ1) is 17.5. The highest BCUT2D eigenvalue weighted by atomic mass is 16.5. The molecule has 4 rings (SSSR count). The number of hydrogen-bond acceptors (Lipinski definition) is 6. The summed E-state index contributed by atoms with van der Waals surface area (Å²) in [6.07, 6.45) is 6.20. The fourth-order valence-corrected chi connectivity index (χ4v) is 5.56. The average molecular weight is 494 g/mol. The summed E-state index contributed by atoms with van der Waals surface area (Å²) in [7, 11) is 1.36. The van der Waals surface area contributed by atoms with Gasteiger partial charge in [0.2, 0.25) is 11.8 Å². The van der Waals surface area contributed by atoms with Crippen LogP contribution in [0.5, 0.6) is 0 Å². The lowest BCUT2D eigenvalue weighted by atomic mass is 9.71. The van der Waals surface area contributed by atoms with Gasteiger partial charge in [-0.25, -0.2) is 0 Å². The molecular weight excluding hydrogens is 458 g/mol. The molecule has 1 aliphatic carbocycles. The molecule has 1 fully saturated rings. The summed E-state index contributed by atoms with van der Waals surface area (Å²) in [5.41, 5.74) is 2.95. The number of fused-ring (bicyclic) bond motifs is 2. The molecule has 0 bridgehead atoms. The highest BCUT2D eigenvalue weighted by Gasteiger charge is 2.54. The molecule has 0 saturated carbocycles. The number of piperidine rings is 1. The van der Waals surface area contributed by atoms with Crippen LogP contribution < -0.4 is 5.32 Å².